The van der Waals surface area contributed by atoms with E-state index in [2.05, 4.69) is 0 Å². The number of carbonyl (C=O) groups is 2. The molecular formula is C26H27FN4O5. The minimum Gasteiger partial charge on any atom is -0.458 e. The van der Waals surface area contributed by atoms with Gasteiger partial charge in [0.15, 0.2) is 5.60 Å². The van der Waals surface area contributed by atoms with Crippen molar-refractivity contribution in [3.05, 3.63) is 62.2 Å². The number of fused-ring (bicyclic) bond motifs is 5. The molecule has 2 aliphatic rings. The summed E-state index contributed by atoms with van der Waals surface area (Å²) in [5.41, 5.74) is 6.88. The fourth-order valence-corrected chi connectivity index (χ4v) is 5.17. The van der Waals surface area contributed by atoms with Crippen LogP contribution in [0.15, 0.2) is 23.0 Å². The van der Waals surface area contributed by atoms with Gasteiger partial charge in [-0.2, -0.15) is 0 Å². The van der Waals surface area contributed by atoms with E-state index in [0.717, 1.165) is 11.1 Å². The average Bonchev–Trinajstić information content (AvgIpc) is 3.23. The molecule has 36 heavy (non-hydrogen) atoms. The largest absolute Gasteiger partial charge is 0.458 e. The van der Waals surface area contributed by atoms with Crippen LogP contribution in [0.2, 0.25) is 0 Å². The van der Waals surface area contributed by atoms with E-state index >= 15 is 0 Å². The number of aromatic nitrogens is 2. The fraction of sp³-hybridized carbons (Fsp3) is 0.385. The van der Waals surface area contributed by atoms with Crippen molar-refractivity contribution < 1.29 is 23.8 Å². The molecule has 188 valence electrons. The molecule has 0 bridgehead atoms. The standard InChI is InChI=1S/C26H27FN4O5/c1-4-26(35)18-7-21-23-16(11-31(21)24(33)17(18)12-36-25(26)34)15(10-30(5-2)22(32)9-28)14-6-13(3)19(27)8-20(14)29-23/h6-8,35H,4-5,9-12,28H2,1-3H3/t26-/m0/s1. The number of amides is 1. The molecule has 0 saturated carbocycles. The summed E-state index contributed by atoms with van der Waals surface area (Å²) in [6, 6.07) is 4.66. The van der Waals surface area contributed by atoms with E-state index in [-0.39, 0.29) is 55.3 Å². The zero-order chi connectivity index (χ0) is 25.9. The molecule has 0 fully saturated rings. The topological polar surface area (TPSA) is 128 Å². The van der Waals surface area contributed by atoms with Gasteiger partial charge in [-0.25, -0.2) is 14.2 Å². The number of hydrogen-bond donors (Lipinski definition) is 2. The van der Waals surface area contributed by atoms with Crippen molar-refractivity contribution in [3.8, 4) is 11.4 Å². The van der Waals surface area contributed by atoms with Gasteiger partial charge in [0, 0.05) is 35.7 Å². The highest BCUT2D eigenvalue weighted by molar-refractivity contribution is 5.90. The summed E-state index contributed by atoms with van der Waals surface area (Å²) in [5.74, 6) is -1.46. The first kappa shape index (κ1) is 24.1. The van der Waals surface area contributed by atoms with Gasteiger partial charge in [-0.3, -0.25) is 9.59 Å². The first-order valence-corrected chi connectivity index (χ1v) is 11.9. The second kappa shape index (κ2) is 8.49. The molecule has 4 heterocycles. The molecule has 0 spiro atoms. The number of ether oxygens (including phenoxy) is 1. The second-order valence-corrected chi connectivity index (χ2v) is 9.25. The van der Waals surface area contributed by atoms with Crippen molar-refractivity contribution in [2.24, 2.45) is 5.73 Å². The van der Waals surface area contributed by atoms with Gasteiger partial charge < -0.3 is 25.0 Å². The first-order valence-electron chi connectivity index (χ1n) is 11.9. The van der Waals surface area contributed by atoms with Crippen molar-refractivity contribution in [2.45, 2.75) is 52.5 Å². The normalized spacial score (nSPS) is 18.0. The summed E-state index contributed by atoms with van der Waals surface area (Å²) in [5, 5.41) is 11.8. The van der Waals surface area contributed by atoms with E-state index in [1.165, 1.54) is 10.6 Å². The minimum atomic E-state index is -1.94. The van der Waals surface area contributed by atoms with Crippen LogP contribution in [0.5, 0.6) is 0 Å². The Bertz CT molecular complexity index is 1510. The van der Waals surface area contributed by atoms with Gasteiger partial charge in [0.2, 0.25) is 5.91 Å². The van der Waals surface area contributed by atoms with Crippen LogP contribution in [0.4, 0.5) is 4.39 Å². The van der Waals surface area contributed by atoms with E-state index < -0.39 is 17.4 Å². The molecular weight excluding hydrogens is 467 g/mol. The third-order valence-corrected chi connectivity index (χ3v) is 7.34. The number of likely N-dealkylation sites (N-methyl/N-ethyl adjacent to an activating group) is 1. The van der Waals surface area contributed by atoms with E-state index in [0.29, 0.717) is 34.4 Å². The predicted molar refractivity (Wildman–Crippen MR) is 129 cm³/mol. The van der Waals surface area contributed by atoms with E-state index in [1.807, 2.05) is 6.92 Å². The molecule has 1 aromatic carbocycles. The number of pyridine rings is 2. The van der Waals surface area contributed by atoms with Crippen LogP contribution in [-0.4, -0.2) is 44.5 Å². The lowest BCUT2D eigenvalue weighted by Gasteiger charge is -2.31. The Balaban J connectivity index is 1.80. The number of esters is 1. The van der Waals surface area contributed by atoms with Crippen LogP contribution < -0.4 is 11.3 Å². The highest BCUT2D eigenvalue weighted by Gasteiger charge is 2.45. The lowest BCUT2D eigenvalue weighted by atomic mass is 9.86. The maximum absolute atomic E-state index is 14.6. The Morgan fingerprint density at radius 1 is 1.28 bits per heavy atom. The zero-order valence-corrected chi connectivity index (χ0v) is 20.4. The maximum Gasteiger partial charge on any atom is 0.343 e. The lowest BCUT2D eigenvalue weighted by Crippen LogP contribution is -2.44. The second-order valence-electron chi connectivity index (χ2n) is 9.25. The summed E-state index contributed by atoms with van der Waals surface area (Å²) in [7, 11) is 0. The third kappa shape index (κ3) is 3.35. The quantitative estimate of drug-likeness (QED) is 0.405. The number of halogens is 1. The molecule has 3 aromatic rings. The number of aliphatic hydroxyl groups is 1. The highest BCUT2D eigenvalue weighted by Crippen LogP contribution is 2.40. The van der Waals surface area contributed by atoms with Gasteiger partial charge >= 0.3 is 5.97 Å². The number of carbonyl (C=O) groups excluding carboxylic acids is 2. The van der Waals surface area contributed by atoms with Crippen LogP contribution in [0.3, 0.4) is 0 Å². The number of nitrogens with two attached hydrogens (primary N) is 1. The molecule has 0 saturated heterocycles. The van der Waals surface area contributed by atoms with Gasteiger partial charge in [-0.05, 0) is 43.5 Å². The Kier molecular flexibility index (Phi) is 5.68. The van der Waals surface area contributed by atoms with Crippen LogP contribution in [-0.2, 0) is 39.6 Å². The number of cyclic esters (lactones) is 1. The van der Waals surface area contributed by atoms with Crippen molar-refractivity contribution in [1.82, 2.24) is 14.5 Å². The zero-order valence-electron chi connectivity index (χ0n) is 20.4. The van der Waals surface area contributed by atoms with Gasteiger partial charge in [-0.1, -0.05) is 6.92 Å². The molecule has 2 aromatic heterocycles. The summed E-state index contributed by atoms with van der Waals surface area (Å²) in [6.45, 7) is 5.56. The highest BCUT2D eigenvalue weighted by atomic mass is 19.1. The Morgan fingerprint density at radius 3 is 2.69 bits per heavy atom. The number of nitrogens with zero attached hydrogens (tertiary/aromatic N) is 3. The first-order chi connectivity index (χ1) is 17.1. The molecule has 5 rings (SSSR count). The van der Waals surface area contributed by atoms with Crippen LogP contribution in [0.25, 0.3) is 22.3 Å². The van der Waals surface area contributed by atoms with Crippen LogP contribution >= 0.6 is 0 Å². The van der Waals surface area contributed by atoms with Gasteiger partial charge in [-0.15, -0.1) is 0 Å². The molecule has 0 unspecified atom stereocenters. The van der Waals surface area contributed by atoms with E-state index in [9.17, 15) is 23.9 Å². The molecule has 1 amide bonds. The Morgan fingerprint density at radius 2 is 2.03 bits per heavy atom. The number of benzene rings is 1. The monoisotopic (exact) mass is 494 g/mol. The predicted octanol–water partition coefficient (Wildman–Crippen LogP) is 1.83. The average molecular weight is 495 g/mol. The molecule has 0 radical (unpaired) electrons. The molecule has 2 aliphatic heterocycles. The van der Waals surface area contributed by atoms with Crippen molar-refractivity contribution in [3.63, 3.8) is 0 Å². The summed E-state index contributed by atoms with van der Waals surface area (Å²) in [6.07, 6.45) is 0.0299. The van der Waals surface area contributed by atoms with E-state index in [4.69, 9.17) is 15.5 Å². The summed E-state index contributed by atoms with van der Waals surface area (Å²) < 4.78 is 21.2. The molecule has 1 atom stereocenters. The van der Waals surface area contributed by atoms with Crippen molar-refractivity contribution in [2.75, 3.05) is 13.1 Å². The van der Waals surface area contributed by atoms with Crippen molar-refractivity contribution >= 4 is 22.8 Å². The summed E-state index contributed by atoms with van der Waals surface area (Å²) >= 11 is 0. The van der Waals surface area contributed by atoms with Crippen LogP contribution in [0.1, 0.15) is 48.1 Å². The minimum absolute atomic E-state index is 0.0299. The Hall–Kier alpha value is -3.63. The molecule has 3 N–H and O–H groups in total. The number of hydrogen-bond acceptors (Lipinski definition) is 7. The molecule has 9 nitrogen and oxygen atoms in total. The SMILES string of the molecule is CCN(Cc1c2c(nc3cc(F)c(C)cc13)-c1cc3c(c(=O)n1C2)COC(=O)[C@]3(O)CC)C(=O)CN. The molecule has 0 aliphatic carbocycles. The summed E-state index contributed by atoms with van der Waals surface area (Å²) in [4.78, 5) is 44.7. The van der Waals surface area contributed by atoms with Gasteiger partial charge in [0.1, 0.15) is 12.4 Å². The van der Waals surface area contributed by atoms with E-state index in [1.54, 1.807) is 30.9 Å². The van der Waals surface area contributed by atoms with Crippen molar-refractivity contribution in [1.29, 1.82) is 0 Å². The van der Waals surface area contributed by atoms with Crippen LogP contribution in [0, 0.1) is 12.7 Å². The lowest BCUT2D eigenvalue weighted by molar-refractivity contribution is -0.172. The number of aryl methyl sites for hydroxylation is 1. The smallest absolute Gasteiger partial charge is 0.343 e. The Labute approximate surface area is 206 Å². The van der Waals surface area contributed by atoms with Gasteiger partial charge in [0.05, 0.1) is 35.6 Å². The van der Waals surface area contributed by atoms with Gasteiger partial charge in [0.25, 0.3) is 5.56 Å². The number of rotatable bonds is 5. The third-order valence-electron chi connectivity index (χ3n) is 7.34. The molecule has 10 heteroatoms. The fourth-order valence-electron chi connectivity index (χ4n) is 5.17. The maximum atomic E-state index is 14.6.